The third kappa shape index (κ3) is 3.24. The smallest absolute Gasteiger partial charge is 0.0982 e. The van der Waals surface area contributed by atoms with E-state index in [1.165, 1.54) is 0 Å². The Morgan fingerprint density at radius 1 is 1.36 bits per heavy atom. The van der Waals surface area contributed by atoms with Crippen LogP contribution in [0, 0.1) is 5.92 Å². The molecule has 116 valence electrons. The van der Waals surface area contributed by atoms with Gasteiger partial charge >= 0.3 is 0 Å². The molecule has 0 bridgehead atoms. The first-order valence-electron chi connectivity index (χ1n) is 7.47. The van der Waals surface area contributed by atoms with Crippen molar-refractivity contribution in [3.05, 3.63) is 53.2 Å². The first kappa shape index (κ1) is 15.3. The molecule has 1 aromatic carbocycles. The van der Waals surface area contributed by atoms with Crippen molar-refractivity contribution in [3.8, 4) is 11.3 Å². The Balaban J connectivity index is 1.75. The lowest BCUT2D eigenvalue weighted by Gasteiger charge is -2.12. The van der Waals surface area contributed by atoms with Crippen LogP contribution in [-0.2, 0) is 13.6 Å². The highest BCUT2D eigenvalue weighted by atomic mass is 35.5. The number of hydrogen-bond donors (Lipinski definition) is 2. The fourth-order valence-corrected chi connectivity index (χ4v) is 3.07. The molecule has 0 amide bonds. The van der Waals surface area contributed by atoms with Crippen LogP contribution in [-0.4, -0.2) is 27.5 Å². The van der Waals surface area contributed by atoms with Gasteiger partial charge in [-0.1, -0.05) is 42.0 Å². The molecule has 2 aromatic rings. The van der Waals surface area contributed by atoms with E-state index in [1.807, 2.05) is 42.2 Å². The molecule has 0 saturated carbocycles. The van der Waals surface area contributed by atoms with Crippen molar-refractivity contribution in [2.75, 3.05) is 6.61 Å². The Kier molecular flexibility index (Phi) is 4.62. The predicted molar refractivity (Wildman–Crippen MR) is 88.6 cm³/mol. The third-order valence-corrected chi connectivity index (χ3v) is 4.32. The summed E-state index contributed by atoms with van der Waals surface area (Å²) in [4.78, 5) is 0. The molecular weight excluding hydrogens is 298 g/mol. The van der Waals surface area contributed by atoms with E-state index in [-0.39, 0.29) is 12.5 Å². The maximum Gasteiger partial charge on any atom is 0.0982 e. The van der Waals surface area contributed by atoms with E-state index in [9.17, 15) is 5.11 Å². The van der Waals surface area contributed by atoms with Gasteiger partial charge in [0, 0.05) is 49.5 Å². The number of aryl methyl sites for hydroxylation is 1. The highest BCUT2D eigenvalue weighted by molar-refractivity contribution is 6.33. The number of benzene rings is 1. The van der Waals surface area contributed by atoms with Gasteiger partial charge in [-0.25, -0.2) is 0 Å². The summed E-state index contributed by atoms with van der Waals surface area (Å²) in [5.41, 5.74) is 2.99. The molecule has 0 unspecified atom stereocenters. The SMILES string of the molecule is Cn1cc(CN[C@@H]2C=C[C@H](CO)C2)c(-c2ccccc2Cl)n1. The molecule has 1 aromatic heterocycles. The number of aliphatic hydroxyl groups excluding tert-OH is 1. The summed E-state index contributed by atoms with van der Waals surface area (Å²) in [5.74, 6) is 0.273. The van der Waals surface area contributed by atoms with E-state index in [0.717, 1.165) is 29.8 Å². The van der Waals surface area contributed by atoms with Gasteiger partial charge in [0.05, 0.1) is 10.7 Å². The average molecular weight is 318 g/mol. The maximum absolute atomic E-state index is 9.19. The number of nitrogens with zero attached hydrogens (tertiary/aromatic N) is 2. The zero-order chi connectivity index (χ0) is 15.5. The molecular formula is C17H20ClN3O. The van der Waals surface area contributed by atoms with Gasteiger partial charge in [0.2, 0.25) is 0 Å². The van der Waals surface area contributed by atoms with Crippen molar-refractivity contribution >= 4 is 11.6 Å². The minimum absolute atomic E-state index is 0.215. The van der Waals surface area contributed by atoms with Gasteiger partial charge in [-0.15, -0.1) is 0 Å². The maximum atomic E-state index is 9.19. The molecule has 2 atom stereocenters. The van der Waals surface area contributed by atoms with E-state index in [0.29, 0.717) is 11.1 Å². The molecule has 22 heavy (non-hydrogen) atoms. The number of aliphatic hydroxyl groups is 1. The lowest BCUT2D eigenvalue weighted by molar-refractivity contribution is 0.246. The van der Waals surface area contributed by atoms with Crippen molar-refractivity contribution in [1.29, 1.82) is 0 Å². The molecule has 4 nitrogen and oxygen atoms in total. The first-order chi connectivity index (χ1) is 10.7. The van der Waals surface area contributed by atoms with Crippen molar-refractivity contribution in [1.82, 2.24) is 15.1 Å². The van der Waals surface area contributed by atoms with Crippen LogP contribution in [0.5, 0.6) is 0 Å². The van der Waals surface area contributed by atoms with E-state index in [4.69, 9.17) is 11.6 Å². The Morgan fingerprint density at radius 2 is 2.18 bits per heavy atom. The molecule has 1 aliphatic rings. The number of halogens is 1. The second-order valence-electron chi connectivity index (χ2n) is 5.71. The van der Waals surface area contributed by atoms with Crippen LogP contribution in [0.15, 0.2) is 42.6 Å². The largest absolute Gasteiger partial charge is 0.396 e. The fraction of sp³-hybridized carbons (Fsp3) is 0.353. The number of rotatable bonds is 5. The van der Waals surface area contributed by atoms with Crippen molar-refractivity contribution in [3.63, 3.8) is 0 Å². The van der Waals surface area contributed by atoms with Crippen molar-refractivity contribution in [2.45, 2.75) is 19.0 Å². The quantitative estimate of drug-likeness (QED) is 0.834. The molecule has 5 heteroatoms. The lowest BCUT2D eigenvalue weighted by atomic mass is 10.1. The second-order valence-corrected chi connectivity index (χ2v) is 6.11. The normalized spacial score (nSPS) is 20.7. The van der Waals surface area contributed by atoms with Gasteiger partial charge < -0.3 is 10.4 Å². The second kappa shape index (κ2) is 6.65. The summed E-state index contributed by atoms with van der Waals surface area (Å²) >= 11 is 6.30. The van der Waals surface area contributed by atoms with Gasteiger partial charge in [0.25, 0.3) is 0 Å². The minimum Gasteiger partial charge on any atom is -0.396 e. The molecule has 0 fully saturated rings. The first-order valence-corrected chi connectivity index (χ1v) is 7.85. The minimum atomic E-state index is 0.215. The summed E-state index contributed by atoms with van der Waals surface area (Å²) in [6.45, 7) is 0.938. The molecule has 2 N–H and O–H groups in total. The highest BCUT2D eigenvalue weighted by Crippen LogP contribution is 2.29. The Hall–Kier alpha value is -1.62. The van der Waals surface area contributed by atoms with Crippen LogP contribution in [0.2, 0.25) is 5.02 Å². The van der Waals surface area contributed by atoms with E-state index >= 15 is 0 Å². The van der Waals surface area contributed by atoms with Gasteiger partial charge in [0.15, 0.2) is 0 Å². The summed E-state index contributed by atoms with van der Waals surface area (Å²) in [6.07, 6.45) is 7.17. The summed E-state index contributed by atoms with van der Waals surface area (Å²) in [6, 6.07) is 8.07. The third-order valence-electron chi connectivity index (χ3n) is 4.00. The molecule has 1 heterocycles. The fourth-order valence-electron chi connectivity index (χ4n) is 2.85. The predicted octanol–water partition coefficient (Wildman–Crippen LogP) is 2.77. The van der Waals surface area contributed by atoms with Gasteiger partial charge in [-0.2, -0.15) is 5.10 Å². The number of hydrogen-bond acceptors (Lipinski definition) is 3. The summed E-state index contributed by atoms with van der Waals surface area (Å²) < 4.78 is 1.82. The standard InChI is InChI=1S/C17H20ClN3O/c1-21-10-13(9-19-14-7-6-12(8-14)11-22)17(20-21)15-4-2-3-5-16(15)18/h2-7,10,12,14,19,22H,8-9,11H2,1H3/t12-,14+/m0/s1. The molecule has 0 spiro atoms. The van der Waals surface area contributed by atoms with Crippen LogP contribution >= 0.6 is 11.6 Å². The molecule has 1 aliphatic carbocycles. The zero-order valence-corrected chi connectivity index (χ0v) is 13.3. The lowest BCUT2D eigenvalue weighted by Crippen LogP contribution is -2.26. The molecule has 0 radical (unpaired) electrons. The number of aromatic nitrogens is 2. The average Bonchev–Trinajstić information content (AvgIpc) is 3.12. The van der Waals surface area contributed by atoms with Crippen molar-refractivity contribution in [2.24, 2.45) is 13.0 Å². The summed E-state index contributed by atoms with van der Waals surface area (Å²) in [5, 5.41) is 18.0. The van der Waals surface area contributed by atoms with Crippen LogP contribution in [0.3, 0.4) is 0 Å². The van der Waals surface area contributed by atoms with Gasteiger partial charge in [-0.05, 0) is 12.5 Å². The highest BCUT2D eigenvalue weighted by Gasteiger charge is 2.19. The Labute approximate surface area is 135 Å². The van der Waals surface area contributed by atoms with E-state index < -0.39 is 0 Å². The van der Waals surface area contributed by atoms with Gasteiger partial charge in [0.1, 0.15) is 0 Å². The number of nitrogens with one attached hydrogen (secondary N) is 1. The molecule has 3 rings (SSSR count). The molecule has 0 aliphatic heterocycles. The topological polar surface area (TPSA) is 50.1 Å². The van der Waals surface area contributed by atoms with Crippen LogP contribution in [0.25, 0.3) is 11.3 Å². The zero-order valence-electron chi connectivity index (χ0n) is 12.5. The van der Waals surface area contributed by atoms with Gasteiger partial charge in [-0.3, -0.25) is 4.68 Å². The van der Waals surface area contributed by atoms with Crippen molar-refractivity contribution < 1.29 is 5.11 Å². The van der Waals surface area contributed by atoms with E-state index in [1.54, 1.807) is 0 Å². The van der Waals surface area contributed by atoms with Crippen LogP contribution < -0.4 is 5.32 Å². The Bertz CT molecular complexity index is 680. The Morgan fingerprint density at radius 3 is 2.91 bits per heavy atom. The summed E-state index contributed by atoms with van der Waals surface area (Å²) in [7, 11) is 1.92. The van der Waals surface area contributed by atoms with Crippen LogP contribution in [0.1, 0.15) is 12.0 Å². The molecule has 0 saturated heterocycles. The van der Waals surface area contributed by atoms with E-state index in [2.05, 4.69) is 22.6 Å². The monoisotopic (exact) mass is 317 g/mol. The van der Waals surface area contributed by atoms with Crippen LogP contribution in [0.4, 0.5) is 0 Å².